The van der Waals surface area contributed by atoms with Gasteiger partial charge in [-0.1, -0.05) is 53.2 Å². The first-order valence-corrected chi connectivity index (χ1v) is 8.28. The molecule has 1 N–H and O–H groups in total. The van der Waals surface area contributed by atoms with E-state index in [1.807, 2.05) is 37.3 Å². The molecule has 1 aliphatic heterocycles. The molecule has 1 saturated heterocycles. The number of carbonyl (C=O) groups excluding carboxylic acids is 1. The van der Waals surface area contributed by atoms with Gasteiger partial charge in [0.2, 0.25) is 5.91 Å². The van der Waals surface area contributed by atoms with Crippen molar-refractivity contribution >= 4 is 21.8 Å². The number of carbonyl (C=O) groups is 1. The van der Waals surface area contributed by atoms with Crippen LogP contribution in [0, 0.1) is 5.92 Å². The van der Waals surface area contributed by atoms with Gasteiger partial charge in [0.1, 0.15) is 0 Å². The normalized spacial score (nSPS) is 25.1. The second-order valence-corrected chi connectivity index (χ2v) is 6.09. The maximum absolute atomic E-state index is 12.6. The van der Waals surface area contributed by atoms with Gasteiger partial charge in [0, 0.05) is 11.9 Å². The molecule has 0 aromatic heterocycles. The second kappa shape index (κ2) is 6.72. The number of halogens is 1. The van der Waals surface area contributed by atoms with Gasteiger partial charge in [-0.15, -0.1) is 0 Å². The standard InChI is InChI=1S/C16H22BrNO2/c1-3-14-13(9-10-20-14)15(19)18-16(2,11-17)12-7-5-4-6-8-12/h4-8,13-14H,3,9-11H2,1-2H3,(H,18,19). The Hall–Kier alpha value is -0.870. The summed E-state index contributed by atoms with van der Waals surface area (Å²) in [5.74, 6) is 0.0715. The van der Waals surface area contributed by atoms with Gasteiger partial charge < -0.3 is 10.1 Å². The maximum Gasteiger partial charge on any atom is 0.226 e. The van der Waals surface area contributed by atoms with Gasteiger partial charge in [-0.25, -0.2) is 0 Å². The fourth-order valence-corrected chi connectivity index (χ4v) is 3.17. The van der Waals surface area contributed by atoms with Crippen LogP contribution in [0.5, 0.6) is 0 Å². The molecule has 1 aliphatic rings. The van der Waals surface area contributed by atoms with Gasteiger partial charge in [0.05, 0.1) is 17.6 Å². The van der Waals surface area contributed by atoms with Crippen molar-refractivity contribution in [1.29, 1.82) is 0 Å². The van der Waals surface area contributed by atoms with Crippen molar-refractivity contribution in [1.82, 2.24) is 5.32 Å². The van der Waals surface area contributed by atoms with Gasteiger partial charge in [-0.2, -0.15) is 0 Å². The number of ether oxygens (including phenoxy) is 1. The molecule has 1 aromatic carbocycles. The third-order valence-electron chi connectivity index (χ3n) is 4.03. The molecule has 0 aliphatic carbocycles. The molecule has 3 atom stereocenters. The molecule has 0 radical (unpaired) electrons. The van der Waals surface area contributed by atoms with Crippen LogP contribution in [0.4, 0.5) is 0 Å². The monoisotopic (exact) mass is 339 g/mol. The van der Waals surface area contributed by atoms with E-state index in [0.29, 0.717) is 11.9 Å². The van der Waals surface area contributed by atoms with Gasteiger partial charge in [-0.05, 0) is 25.3 Å². The first-order chi connectivity index (χ1) is 9.60. The van der Waals surface area contributed by atoms with Gasteiger partial charge in [-0.3, -0.25) is 4.79 Å². The molecule has 0 saturated carbocycles. The second-order valence-electron chi connectivity index (χ2n) is 5.53. The van der Waals surface area contributed by atoms with Crippen molar-refractivity contribution in [2.75, 3.05) is 11.9 Å². The zero-order valence-electron chi connectivity index (χ0n) is 12.1. The number of rotatable bonds is 5. The van der Waals surface area contributed by atoms with Crippen molar-refractivity contribution in [3.8, 4) is 0 Å². The molecule has 0 spiro atoms. The fraction of sp³-hybridized carbons (Fsp3) is 0.562. The lowest BCUT2D eigenvalue weighted by Gasteiger charge is -2.31. The topological polar surface area (TPSA) is 38.3 Å². The van der Waals surface area contributed by atoms with Crippen LogP contribution < -0.4 is 5.32 Å². The third-order valence-corrected chi connectivity index (χ3v) is 5.15. The highest BCUT2D eigenvalue weighted by molar-refractivity contribution is 9.09. The van der Waals surface area contributed by atoms with Crippen LogP contribution in [0.15, 0.2) is 30.3 Å². The van der Waals surface area contributed by atoms with E-state index in [-0.39, 0.29) is 23.5 Å². The number of benzene rings is 1. The molecule has 1 fully saturated rings. The number of hydrogen-bond acceptors (Lipinski definition) is 2. The largest absolute Gasteiger partial charge is 0.377 e. The molecule has 110 valence electrons. The number of amides is 1. The van der Waals surface area contributed by atoms with E-state index in [2.05, 4.69) is 28.2 Å². The minimum Gasteiger partial charge on any atom is -0.377 e. The lowest BCUT2D eigenvalue weighted by Crippen LogP contribution is -2.48. The third kappa shape index (κ3) is 3.23. The minimum atomic E-state index is -0.390. The average Bonchev–Trinajstić information content (AvgIpc) is 2.96. The van der Waals surface area contributed by atoms with Crippen LogP contribution >= 0.6 is 15.9 Å². The van der Waals surface area contributed by atoms with Gasteiger partial charge in [0.25, 0.3) is 0 Å². The quantitative estimate of drug-likeness (QED) is 0.836. The summed E-state index contributed by atoms with van der Waals surface area (Å²) in [5.41, 5.74) is 0.719. The summed E-state index contributed by atoms with van der Waals surface area (Å²) < 4.78 is 5.62. The molecular weight excluding hydrogens is 318 g/mol. The number of alkyl halides is 1. The van der Waals surface area contributed by atoms with E-state index in [9.17, 15) is 4.79 Å². The van der Waals surface area contributed by atoms with Gasteiger partial charge >= 0.3 is 0 Å². The van der Waals surface area contributed by atoms with Crippen LogP contribution in [0.25, 0.3) is 0 Å². The van der Waals surface area contributed by atoms with Crippen molar-refractivity contribution in [2.24, 2.45) is 5.92 Å². The van der Waals surface area contributed by atoms with Crippen molar-refractivity contribution in [2.45, 2.75) is 38.3 Å². The maximum atomic E-state index is 12.6. The lowest BCUT2D eigenvalue weighted by atomic mass is 9.91. The number of nitrogens with one attached hydrogen (secondary N) is 1. The summed E-state index contributed by atoms with van der Waals surface area (Å²) >= 11 is 3.53. The molecule has 20 heavy (non-hydrogen) atoms. The Morgan fingerprint density at radius 2 is 2.15 bits per heavy atom. The summed E-state index contributed by atoms with van der Waals surface area (Å²) in [5, 5.41) is 3.88. The summed E-state index contributed by atoms with van der Waals surface area (Å²) in [4.78, 5) is 12.6. The smallest absolute Gasteiger partial charge is 0.226 e. The van der Waals surface area contributed by atoms with E-state index in [1.54, 1.807) is 0 Å². The zero-order chi connectivity index (χ0) is 14.6. The van der Waals surface area contributed by atoms with Crippen LogP contribution in [-0.2, 0) is 15.1 Å². The number of hydrogen-bond donors (Lipinski definition) is 1. The lowest BCUT2D eigenvalue weighted by molar-refractivity contribution is -0.128. The Balaban J connectivity index is 2.12. The SMILES string of the molecule is CCC1OCCC1C(=O)NC(C)(CBr)c1ccccc1. The van der Waals surface area contributed by atoms with E-state index >= 15 is 0 Å². The Morgan fingerprint density at radius 3 is 2.75 bits per heavy atom. The molecule has 3 nitrogen and oxygen atoms in total. The summed E-state index contributed by atoms with van der Waals surface area (Å²) in [6, 6.07) is 10.1. The Kier molecular flexibility index (Phi) is 5.22. The Morgan fingerprint density at radius 1 is 1.45 bits per heavy atom. The van der Waals surface area contributed by atoms with Crippen molar-refractivity contribution < 1.29 is 9.53 Å². The first-order valence-electron chi connectivity index (χ1n) is 7.16. The zero-order valence-corrected chi connectivity index (χ0v) is 13.7. The van der Waals surface area contributed by atoms with E-state index in [4.69, 9.17) is 4.74 Å². The molecule has 1 amide bonds. The predicted octanol–water partition coefficient (Wildman–Crippen LogP) is 3.23. The van der Waals surface area contributed by atoms with Crippen molar-refractivity contribution in [3.63, 3.8) is 0 Å². The molecular formula is C16H22BrNO2. The van der Waals surface area contributed by atoms with Crippen LogP contribution in [0.2, 0.25) is 0 Å². The molecule has 2 rings (SSSR count). The highest BCUT2D eigenvalue weighted by Gasteiger charge is 2.36. The van der Waals surface area contributed by atoms with Crippen molar-refractivity contribution in [3.05, 3.63) is 35.9 Å². The summed E-state index contributed by atoms with van der Waals surface area (Å²) in [7, 11) is 0. The van der Waals surface area contributed by atoms with E-state index < -0.39 is 0 Å². The summed E-state index contributed by atoms with van der Waals surface area (Å²) in [6.45, 7) is 4.80. The van der Waals surface area contributed by atoms with E-state index in [0.717, 1.165) is 18.4 Å². The average molecular weight is 340 g/mol. The predicted molar refractivity (Wildman–Crippen MR) is 83.9 cm³/mol. The molecule has 4 heteroatoms. The highest BCUT2D eigenvalue weighted by atomic mass is 79.9. The fourth-order valence-electron chi connectivity index (χ4n) is 2.70. The van der Waals surface area contributed by atoms with Crippen LogP contribution in [-0.4, -0.2) is 23.9 Å². The Labute approximate surface area is 129 Å². The molecule has 0 bridgehead atoms. The highest BCUT2D eigenvalue weighted by Crippen LogP contribution is 2.27. The van der Waals surface area contributed by atoms with Gasteiger partial charge in [0.15, 0.2) is 0 Å². The Bertz CT molecular complexity index is 451. The van der Waals surface area contributed by atoms with Crippen LogP contribution in [0.3, 0.4) is 0 Å². The molecule has 3 unspecified atom stereocenters. The first kappa shape index (κ1) is 15.5. The summed E-state index contributed by atoms with van der Waals surface area (Å²) in [6.07, 6.45) is 1.76. The molecule has 1 aromatic rings. The van der Waals surface area contributed by atoms with Crippen LogP contribution in [0.1, 0.15) is 32.3 Å². The molecule has 1 heterocycles. The van der Waals surface area contributed by atoms with E-state index in [1.165, 1.54) is 0 Å². The minimum absolute atomic E-state index is 0.0258.